The Hall–Kier alpha value is -1.91. The minimum Gasteiger partial charge on any atom is -0.336 e. The summed E-state index contributed by atoms with van der Waals surface area (Å²) in [6.45, 7) is 3.37. The number of carbonyl (C=O) groups excluding carboxylic acids is 2. The van der Waals surface area contributed by atoms with Crippen molar-refractivity contribution in [3.8, 4) is 0 Å². The van der Waals surface area contributed by atoms with E-state index in [0.717, 1.165) is 18.4 Å². The van der Waals surface area contributed by atoms with Crippen molar-refractivity contribution in [3.63, 3.8) is 0 Å². The first-order valence-electron chi connectivity index (χ1n) is 7.66. The third-order valence-corrected chi connectivity index (χ3v) is 4.56. The normalized spacial score (nSPS) is 20.1. The lowest BCUT2D eigenvalue weighted by Gasteiger charge is -2.38. The fourth-order valence-electron chi connectivity index (χ4n) is 3.35. The van der Waals surface area contributed by atoms with Crippen LogP contribution in [0.25, 0.3) is 0 Å². The third kappa shape index (κ3) is 2.77. The Kier molecular flexibility index (Phi) is 3.90. The molecule has 5 heteroatoms. The van der Waals surface area contributed by atoms with Crippen LogP contribution in [0.2, 0.25) is 0 Å². The van der Waals surface area contributed by atoms with Gasteiger partial charge in [0.15, 0.2) is 0 Å². The zero-order valence-corrected chi connectivity index (χ0v) is 12.4. The van der Waals surface area contributed by atoms with E-state index in [1.54, 1.807) is 23.4 Å². The molecule has 0 aromatic carbocycles. The molecule has 2 amide bonds. The van der Waals surface area contributed by atoms with E-state index in [1.807, 2.05) is 11.8 Å². The molecule has 1 saturated carbocycles. The predicted molar refractivity (Wildman–Crippen MR) is 78.8 cm³/mol. The first-order valence-corrected chi connectivity index (χ1v) is 7.66. The Morgan fingerprint density at radius 1 is 1.29 bits per heavy atom. The molecule has 2 aliphatic rings. The number of aromatic nitrogens is 1. The molecule has 1 saturated heterocycles. The SMILES string of the molecule is Cc1cnccc1C(=O)N1CCN(C2CCCC2)C(=O)C1. The van der Waals surface area contributed by atoms with Crippen molar-refractivity contribution in [3.05, 3.63) is 29.6 Å². The van der Waals surface area contributed by atoms with Crippen LogP contribution in [-0.4, -0.2) is 52.3 Å². The van der Waals surface area contributed by atoms with Crippen LogP contribution in [0.15, 0.2) is 18.5 Å². The van der Waals surface area contributed by atoms with Crippen LogP contribution >= 0.6 is 0 Å². The predicted octanol–water partition coefficient (Wildman–Crippen LogP) is 1.62. The summed E-state index contributed by atoms with van der Waals surface area (Å²) in [5, 5.41) is 0. The van der Waals surface area contributed by atoms with Gasteiger partial charge in [-0.25, -0.2) is 0 Å². The van der Waals surface area contributed by atoms with Crippen molar-refractivity contribution in [1.82, 2.24) is 14.8 Å². The Labute approximate surface area is 124 Å². The number of hydrogen-bond acceptors (Lipinski definition) is 3. The van der Waals surface area contributed by atoms with Gasteiger partial charge in [0, 0.05) is 37.1 Å². The van der Waals surface area contributed by atoms with Crippen LogP contribution in [-0.2, 0) is 4.79 Å². The maximum absolute atomic E-state index is 12.5. The van der Waals surface area contributed by atoms with Gasteiger partial charge in [0.1, 0.15) is 6.54 Å². The molecule has 3 rings (SSSR count). The highest BCUT2D eigenvalue weighted by atomic mass is 16.2. The summed E-state index contributed by atoms with van der Waals surface area (Å²) >= 11 is 0. The van der Waals surface area contributed by atoms with Gasteiger partial charge in [0.05, 0.1) is 0 Å². The van der Waals surface area contributed by atoms with E-state index in [4.69, 9.17) is 0 Å². The van der Waals surface area contributed by atoms with Gasteiger partial charge < -0.3 is 9.80 Å². The lowest BCUT2D eigenvalue weighted by Crippen LogP contribution is -2.55. The van der Waals surface area contributed by atoms with Crippen molar-refractivity contribution in [2.45, 2.75) is 38.6 Å². The van der Waals surface area contributed by atoms with Gasteiger partial charge in [-0.15, -0.1) is 0 Å². The monoisotopic (exact) mass is 287 g/mol. The number of piperazine rings is 1. The number of nitrogens with zero attached hydrogens (tertiary/aromatic N) is 3. The quantitative estimate of drug-likeness (QED) is 0.830. The summed E-state index contributed by atoms with van der Waals surface area (Å²) in [6.07, 6.45) is 7.97. The van der Waals surface area contributed by atoms with Gasteiger partial charge >= 0.3 is 0 Å². The molecule has 2 fully saturated rings. The van der Waals surface area contributed by atoms with Gasteiger partial charge in [-0.2, -0.15) is 0 Å². The maximum atomic E-state index is 12.5. The van der Waals surface area contributed by atoms with E-state index >= 15 is 0 Å². The summed E-state index contributed by atoms with van der Waals surface area (Å²) in [5.74, 6) is 0.0301. The summed E-state index contributed by atoms with van der Waals surface area (Å²) in [5.41, 5.74) is 1.50. The van der Waals surface area contributed by atoms with Gasteiger partial charge in [0.25, 0.3) is 5.91 Å². The van der Waals surface area contributed by atoms with Crippen molar-refractivity contribution < 1.29 is 9.59 Å². The molecule has 0 spiro atoms. The molecule has 2 heterocycles. The Bertz CT molecular complexity index is 552. The summed E-state index contributed by atoms with van der Waals surface area (Å²) in [4.78, 5) is 32.5. The molecule has 0 N–H and O–H groups in total. The molecule has 1 aromatic heterocycles. The van der Waals surface area contributed by atoms with Crippen LogP contribution in [0.4, 0.5) is 0 Å². The highest BCUT2D eigenvalue weighted by molar-refractivity contribution is 5.98. The van der Waals surface area contributed by atoms with Crippen molar-refractivity contribution >= 4 is 11.8 Å². The largest absolute Gasteiger partial charge is 0.336 e. The Balaban J connectivity index is 1.68. The molecule has 5 nitrogen and oxygen atoms in total. The molecule has 0 atom stereocenters. The second kappa shape index (κ2) is 5.84. The van der Waals surface area contributed by atoms with Gasteiger partial charge in [-0.1, -0.05) is 12.8 Å². The van der Waals surface area contributed by atoms with Crippen molar-refractivity contribution in [1.29, 1.82) is 0 Å². The van der Waals surface area contributed by atoms with Crippen LogP contribution in [0.5, 0.6) is 0 Å². The number of rotatable bonds is 2. The minimum absolute atomic E-state index is 0.0608. The minimum atomic E-state index is -0.0608. The van der Waals surface area contributed by atoms with Gasteiger partial charge in [0.2, 0.25) is 5.91 Å². The zero-order chi connectivity index (χ0) is 14.8. The number of amides is 2. The van der Waals surface area contributed by atoms with E-state index < -0.39 is 0 Å². The first kappa shape index (κ1) is 14.0. The number of pyridine rings is 1. The number of carbonyl (C=O) groups is 2. The highest BCUT2D eigenvalue weighted by Gasteiger charge is 2.33. The lowest BCUT2D eigenvalue weighted by atomic mass is 10.1. The molecule has 0 bridgehead atoms. The topological polar surface area (TPSA) is 53.5 Å². The van der Waals surface area contributed by atoms with Crippen LogP contribution < -0.4 is 0 Å². The molecule has 0 unspecified atom stereocenters. The average molecular weight is 287 g/mol. The summed E-state index contributed by atoms with van der Waals surface area (Å²) < 4.78 is 0. The highest BCUT2D eigenvalue weighted by Crippen LogP contribution is 2.25. The van der Waals surface area contributed by atoms with Gasteiger partial charge in [-0.05, 0) is 31.4 Å². The van der Waals surface area contributed by atoms with Crippen molar-refractivity contribution in [2.24, 2.45) is 0 Å². The average Bonchev–Trinajstić information content (AvgIpc) is 3.01. The fourth-order valence-corrected chi connectivity index (χ4v) is 3.35. The molecule has 1 aliphatic heterocycles. The molecular weight excluding hydrogens is 266 g/mol. The smallest absolute Gasteiger partial charge is 0.254 e. The van der Waals surface area contributed by atoms with E-state index in [-0.39, 0.29) is 18.4 Å². The molecule has 112 valence electrons. The fraction of sp³-hybridized carbons (Fsp3) is 0.562. The van der Waals surface area contributed by atoms with E-state index in [2.05, 4.69) is 4.98 Å². The molecule has 0 radical (unpaired) electrons. The standard InChI is InChI=1S/C16H21N3O2/c1-12-10-17-7-6-14(12)16(21)18-8-9-19(15(20)11-18)13-4-2-3-5-13/h6-7,10,13H,2-5,8-9,11H2,1H3. The molecule has 21 heavy (non-hydrogen) atoms. The van der Waals surface area contributed by atoms with Crippen LogP contribution in [0.1, 0.15) is 41.6 Å². The van der Waals surface area contributed by atoms with E-state index in [9.17, 15) is 9.59 Å². The summed E-state index contributed by atoms with van der Waals surface area (Å²) in [6, 6.07) is 2.13. The van der Waals surface area contributed by atoms with Crippen LogP contribution in [0, 0.1) is 6.92 Å². The molecular formula is C16H21N3O2. The number of aryl methyl sites for hydroxylation is 1. The van der Waals surface area contributed by atoms with Crippen LogP contribution in [0.3, 0.4) is 0 Å². The second-order valence-corrected chi connectivity index (χ2v) is 5.94. The molecule has 1 aliphatic carbocycles. The van der Waals surface area contributed by atoms with Crippen molar-refractivity contribution in [2.75, 3.05) is 19.6 Å². The zero-order valence-electron chi connectivity index (χ0n) is 12.4. The van der Waals surface area contributed by atoms with Gasteiger partial charge in [-0.3, -0.25) is 14.6 Å². The molecule has 1 aromatic rings. The summed E-state index contributed by atoms with van der Waals surface area (Å²) in [7, 11) is 0. The number of hydrogen-bond donors (Lipinski definition) is 0. The first-order chi connectivity index (χ1) is 10.2. The lowest BCUT2D eigenvalue weighted by molar-refractivity contribution is -0.137. The Morgan fingerprint density at radius 3 is 2.71 bits per heavy atom. The van der Waals surface area contributed by atoms with E-state index in [1.165, 1.54) is 12.8 Å². The van der Waals surface area contributed by atoms with E-state index in [0.29, 0.717) is 24.7 Å². The maximum Gasteiger partial charge on any atom is 0.254 e. The second-order valence-electron chi connectivity index (χ2n) is 5.94. The Morgan fingerprint density at radius 2 is 2.05 bits per heavy atom. The third-order valence-electron chi connectivity index (χ3n) is 4.56.